The first-order valence-electron chi connectivity index (χ1n) is 6.91. The molecule has 0 aromatic carbocycles. The standard InChI is InChI=1S/C13H17N5O3/c1-3-8-6-9(17(2)16-8)10(19)18-5-4-13(7-18)11(20)14-12(21)15-13/h6H,3-5,7H2,1-2H3,(H2,14,15,20,21). The molecule has 1 aromatic heterocycles. The van der Waals surface area contributed by atoms with E-state index in [2.05, 4.69) is 15.7 Å². The summed E-state index contributed by atoms with van der Waals surface area (Å²) in [5, 5.41) is 9.12. The van der Waals surface area contributed by atoms with E-state index in [0.717, 1.165) is 12.1 Å². The normalized spacial score (nSPS) is 24.6. The Bertz CT molecular complexity index is 638. The molecule has 3 rings (SSSR count). The second kappa shape index (κ2) is 4.57. The van der Waals surface area contributed by atoms with Crippen molar-refractivity contribution in [3.8, 4) is 0 Å². The van der Waals surface area contributed by atoms with Gasteiger partial charge in [0.2, 0.25) is 0 Å². The predicted octanol–water partition coefficient (Wildman–Crippen LogP) is -0.593. The third kappa shape index (κ3) is 2.07. The van der Waals surface area contributed by atoms with Gasteiger partial charge in [0.15, 0.2) is 0 Å². The van der Waals surface area contributed by atoms with Crippen LogP contribution < -0.4 is 10.6 Å². The van der Waals surface area contributed by atoms with Crippen molar-refractivity contribution < 1.29 is 14.4 Å². The summed E-state index contributed by atoms with van der Waals surface area (Å²) >= 11 is 0. The SMILES string of the molecule is CCc1cc(C(=O)N2CCC3(C2)NC(=O)NC3=O)n(C)n1. The van der Waals surface area contributed by atoms with Crippen LogP contribution in [0.4, 0.5) is 4.79 Å². The summed E-state index contributed by atoms with van der Waals surface area (Å²) in [5.74, 6) is -0.530. The van der Waals surface area contributed by atoms with E-state index >= 15 is 0 Å². The van der Waals surface area contributed by atoms with Gasteiger partial charge < -0.3 is 10.2 Å². The maximum atomic E-state index is 12.5. The van der Waals surface area contributed by atoms with Gasteiger partial charge in [0, 0.05) is 13.6 Å². The molecule has 1 spiro atoms. The van der Waals surface area contributed by atoms with Crippen molar-refractivity contribution in [1.82, 2.24) is 25.3 Å². The predicted molar refractivity (Wildman–Crippen MR) is 72.5 cm³/mol. The molecule has 2 N–H and O–H groups in total. The quantitative estimate of drug-likeness (QED) is 0.712. The van der Waals surface area contributed by atoms with Crippen LogP contribution in [0.5, 0.6) is 0 Å². The lowest BCUT2D eigenvalue weighted by Gasteiger charge is -2.21. The van der Waals surface area contributed by atoms with Crippen molar-refractivity contribution in [3.63, 3.8) is 0 Å². The molecule has 2 saturated heterocycles. The number of aromatic nitrogens is 2. The average Bonchev–Trinajstić information content (AvgIpc) is 3.09. The molecule has 1 atom stereocenters. The Labute approximate surface area is 121 Å². The van der Waals surface area contributed by atoms with E-state index < -0.39 is 11.6 Å². The van der Waals surface area contributed by atoms with Gasteiger partial charge in [0.05, 0.1) is 12.2 Å². The Morgan fingerprint density at radius 2 is 2.24 bits per heavy atom. The summed E-state index contributed by atoms with van der Waals surface area (Å²) < 4.78 is 1.56. The molecule has 1 unspecified atom stereocenters. The topological polar surface area (TPSA) is 96.3 Å². The van der Waals surface area contributed by atoms with Gasteiger partial charge in [-0.25, -0.2) is 4.79 Å². The second-order valence-electron chi connectivity index (χ2n) is 5.47. The summed E-state index contributed by atoms with van der Waals surface area (Å²) in [6.07, 6.45) is 1.18. The van der Waals surface area contributed by atoms with Gasteiger partial charge in [0.1, 0.15) is 11.2 Å². The molecule has 8 heteroatoms. The van der Waals surface area contributed by atoms with E-state index in [1.54, 1.807) is 22.7 Å². The minimum absolute atomic E-state index is 0.171. The van der Waals surface area contributed by atoms with Crippen LogP contribution in [0.3, 0.4) is 0 Å². The van der Waals surface area contributed by atoms with E-state index in [1.807, 2.05) is 6.92 Å². The number of carbonyl (C=O) groups is 3. The first-order valence-corrected chi connectivity index (χ1v) is 6.91. The third-order valence-corrected chi connectivity index (χ3v) is 4.08. The lowest BCUT2D eigenvalue weighted by Crippen LogP contribution is -2.49. The summed E-state index contributed by atoms with van der Waals surface area (Å²) in [5.41, 5.74) is 0.370. The highest BCUT2D eigenvalue weighted by atomic mass is 16.2. The summed E-state index contributed by atoms with van der Waals surface area (Å²) in [7, 11) is 1.72. The van der Waals surface area contributed by atoms with Gasteiger partial charge in [-0.1, -0.05) is 6.92 Å². The van der Waals surface area contributed by atoms with Gasteiger partial charge in [-0.15, -0.1) is 0 Å². The van der Waals surface area contributed by atoms with E-state index in [9.17, 15) is 14.4 Å². The van der Waals surface area contributed by atoms with Crippen LogP contribution in [0.1, 0.15) is 29.5 Å². The first-order chi connectivity index (χ1) is 9.95. The Kier molecular flexibility index (Phi) is 2.96. The van der Waals surface area contributed by atoms with Crippen molar-refractivity contribution in [3.05, 3.63) is 17.5 Å². The number of nitrogens with one attached hydrogen (secondary N) is 2. The number of aryl methyl sites for hydroxylation is 2. The monoisotopic (exact) mass is 291 g/mol. The van der Waals surface area contributed by atoms with E-state index in [0.29, 0.717) is 18.7 Å². The Balaban J connectivity index is 1.80. The Morgan fingerprint density at radius 3 is 2.81 bits per heavy atom. The molecule has 4 amide bonds. The summed E-state index contributed by atoms with van der Waals surface area (Å²) in [6.45, 7) is 2.59. The summed E-state index contributed by atoms with van der Waals surface area (Å²) in [4.78, 5) is 37.3. The molecule has 2 fully saturated rings. The highest BCUT2D eigenvalue weighted by Crippen LogP contribution is 2.26. The second-order valence-corrected chi connectivity index (χ2v) is 5.47. The fraction of sp³-hybridized carbons (Fsp3) is 0.538. The molecule has 1 aromatic rings. The number of likely N-dealkylation sites (tertiary alicyclic amines) is 1. The molecule has 0 radical (unpaired) electrons. The van der Waals surface area contributed by atoms with Crippen LogP contribution in [-0.2, 0) is 18.3 Å². The molecule has 3 heterocycles. The lowest BCUT2D eigenvalue weighted by molar-refractivity contribution is -0.123. The number of imide groups is 1. The molecule has 0 aliphatic carbocycles. The molecular weight excluding hydrogens is 274 g/mol. The largest absolute Gasteiger partial charge is 0.334 e. The van der Waals surface area contributed by atoms with Gasteiger partial charge in [-0.3, -0.25) is 19.6 Å². The molecule has 21 heavy (non-hydrogen) atoms. The van der Waals surface area contributed by atoms with Crippen LogP contribution in [0.25, 0.3) is 0 Å². The van der Waals surface area contributed by atoms with E-state index in [1.165, 1.54) is 0 Å². The summed E-state index contributed by atoms with van der Waals surface area (Å²) in [6, 6.07) is 1.27. The van der Waals surface area contributed by atoms with Crippen molar-refractivity contribution in [1.29, 1.82) is 0 Å². The first kappa shape index (κ1) is 13.6. The van der Waals surface area contributed by atoms with Crippen LogP contribution in [-0.4, -0.2) is 51.2 Å². The van der Waals surface area contributed by atoms with Gasteiger partial charge >= 0.3 is 6.03 Å². The highest BCUT2D eigenvalue weighted by molar-refractivity contribution is 6.08. The number of hydrogen-bond acceptors (Lipinski definition) is 4. The van der Waals surface area contributed by atoms with E-state index in [-0.39, 0.29) is 18.4 Å². The fourth-order valence-electron chi connectivity index (χ4n) is 2.86. The van der Waals surface area contributed by atoms with E-state index in [4.69, 9.17) is 0 Å². The van der Waals surface area contributed by atoms with Crippen LogP contribution >= 0.6 is 0 Å². The van der Waals surface area contributed by atoms with Crippen LogP contribution in [0.2, 0.25) is 0 Å². The number of urea groups is 1. The molecule has 8 nitrogen and oxygen atoms in total. The Morgan fingerprint density at radius 1 is 1.48 bits per heavy atom. The molecule has 0 bridgehead atoms. The maximum absolute atomic E-state index is 12.5. The smallest absolute Gasteiger partial charge is 0.322 e. The third-order valence-electron chi connectivity index (χ3n) is 4.08. The van der Waals surface area contributed by atoms with Crippen molar-refractivity contribution in [2.75, 3.05) is 13.1 Å². The zero-order valence-electron chi connectivity index (χ0n) is 12.0. The average molecular weight is 291 g/mol. The lowest BCUT2D eigenvalue weighted by atomic mass is 9.99. The molecule has 0 saturated carbocycles. The number of nitrogens with zero attached hydrogens (tertiary/aromatic N) is 3. The minimum Gasteiger partial charge on any atom is -0.334 e. The Hall–Kier alpha value is -2.38. The molecule has 2 aliphatic heterocycles. The van der Waals surface area contributed by atoms with Crippen LogP contribution in [0, 0.1) is 0 Å². The van der Waals surface area contributed by atoms with Crippen molar-refractivity contribution in [2.24, 2.45) is 7.05 Å². The fourth-order valence-corrected chi connectivity index (χ4v) is 2.86. The van der Waals surface area contributed by atoms with Gasteiger partial charge in [0.25, 0.3) is 11.8 Å². The van der Waals surface area contributed by atoms with Crippen molar-refractivity contribution in [2.45, 2.75) is 25.3 Å². The minimum atomic E-state index is -0.973. The van der Waals surface area contributed by atoms with Gasteiger partial charge in [-0.05, 0) is 18.9 Å². The molecular formula is C13H17N5O3. The number of hydrogen-bond donors (Lipinski definition) is 2. The maximum Gasteiger partial charge on any atom is 0.322 e. The number of amides is 4. The van der Waals surface area contributed by atoms with Crippen molar-refractivity contribution >= 4 is 17.8 Å². The molecule has 2 aliphatic rings. The zero-order valence-corrected chi connectivity index (χ0v) is 12.0. The molecule has 112 valence electrons. The zero-order chi connectivity index (χ0) is 15.2. The highest BCUT2D eigenvalue weighted by Gasteiger charge is 2.51. The van der Waals surface area contributed by atoms with Crippen LogP contribution in [0.15, 0.2) is 6.07 Å². The number of rotatable bonds is 2. The number of carbonyl (C=O) groups excluding carboxylic acids is 3. The van der Waals surface area contributed by atoms with Gasteiger partial charge in [-0.2, -0.15) is 5.10 Å².